The van der Waals surface area contributed by atoms with Crippen molar-refractivity contribution in [2.75, 3.05) is 10.6 Å². The molecule has 18 heteroatoms. The molecule has 0 spiro atoms. The first kappa shape index (κ1) is 36.3. The van der Waals surface area contributed by atoms with Gasteiger partial charge < -0.3 is 9.47 Å². The molecule has 2 rings (SSSR count). The van der Waals surface area contributed by atoms with E-state index in [9.17, 15) is 62.3 Å². The van der Waals surface area contributed by atoms with Crippen molar-refractivity contribution in [3.63, 3.8) is 0 Å². The number of unbranched alkanes of at least 4 members (excludes halogenated alkanes) is 3. The second kappa shape index (κ2) is 14.7. The zero-order valence-corrected chi connectivity index (χ0v) is 22.2. The number of alkyl halides is 12. The van der Waals surface area contributed by atoms with Crippen molar-refractivity contribution in [2.24, 2.45) is 0 Å². The maximum atomic E-state index is 12.5. The Morgan fingerprint density at radius 1 is 0.500 bits per heavy atom. The van der Waals surface area contributed by atoms with E-state index in [4.69, 9.17) is 0 Å². The third-order valence-electron chi connectivity index (χ3n) is 5.72. The highest BCUT2D eigenvalue weighted by molar-refractivity contribution is 5.85. The molecule has 0 aliphatic carbocycles. The topological polar surface area (TPSA) is 76.7 Å². The number of carbonyl (C=O) groups is 2. The van der Waals surface area contributed by atoms with Gasteiger partial charge in [-0.15, -0.1) is 0 Å². The summed E-state index contributed by atoms with van der Waals surface area (Å²) in [5.41, 5.74) is 1.41. The molecule has 6 nitrogen and oxygen atoms in total. The first-order chi connectivity index (χ1) is 20.2. The SMILES string of the molecule is O=C(Nc1ccc(CCCCCCc2ccc(NC(=O)OC(C(F)(F)F)C(F)(F)F)cc2)cc1)OC(C(F)(F)F)C(F)(F)F. The van der Waals surface area contributed by atoms with E-state index in [1.165, 1.54) is 48.5 Å². The zero-order valence-electron chi connectivity index (χ0n) is 22.2. The fraction of sp³-hybridized carbons (Fsp3) is 0.462. The third-order valence-corrected chi connectivity index (χ3v) is 5.72. The summed E-state index contributed by atoms with van der Waals surface area (Å²) in [5, 5.41) is 3.61. The molecule has 0 bridgehead atoms. The minimum atomic E-state index is -5.83. The Bertz CT molecular complexity index is 1080. The number of anilines is 2. The molecule has 246 valence electrons. The van der Waals surface area contributed by atoms with Crippen molar-refractivity contribution >= 4 is 23.6 Å². The van der Waals surface area contributed by atoms with Crippen LogP contribution in [0.5, 0.6) is 0 Å². The van der Waals surface area contributed by atoms with Crippen LogP contribution in [0.25, 0.3) is 0 Å². The highest BCUT2D eigenvalue weighted by Crippen LogP contribution is 2.37. The number of aryl methyl sites for hydroxylation is 2. The fourth-order valence-corrected chi connectivity index (χ4v) is 3.67. The van der Waals surface area contributed by atoms with Gasteiger partial charge in [-0.1, -0.05) is 37.1 Å². The van der Waals surface area contributed by atoms with E-state index in [-0.39, 0.29) is 11.4 Å². The smallest absolute Gasteiger partial charge is 0.426 e. The molecular formula is C26H24F12N2O4. The van der Waals surface area contributed by atoms with Gasteiger partial charge in [-0.05, 0) is 61.1 Å². The normalized spacial score (nSPS) is 12.8. The lowest BCUT2D eigenvalue weighted by atomic mass is 10.0. The van der Waals surface area contributed by atoms with E-state index >= 15 is 0 Å². The van der Waals surface area contributed by atoms with Gasteiger partial charge in [0, 0.05) is 11.4 Å². The number of halogens is 12. The molecule has 0 saturated carbocycles. The van der Waals surface area contributed by atoms with E-state index in [0.717, 1.165) is 36.8 Å². The average Bonchev–Trinajstić information content (AvgIpc) is 2.87. The molecule has 0 aliphatic heterocycles. The van der Waals surface area contributed by atoms with E-state index in [2.05, 4.69) is 9.47 Å². The molecule has 2 N–H and O–H groups in total. The Balaban J connectivity index is 1.70. The molecule has 0 heterocycles. The van der Waals surface area contributed by atoms with Crippen LogP contribution in [-0.4, -0.2) is 49.1 Å². The predicted octanol–water partition coefficient (Wildman–Crippen LogP) is 9.12. The van der Waals surface area contributed by atoms with Gasteiger partial charge in [0.05, 0.1) is 0 Å². The molecule has 0 saturated heterocycles. The van der Waals surface area contributed by atoms with Crippen molar-refractivity contribution in [3.05, 3.63) is 59.7 Å². The molecule has 2 aromatic carbocycles. The Hall–Kier alpha value is -3.86. The van der Waals surface area contributed by atoms with Gasteiger partial charge in [-0.3, -0.25) is 10.6 Å². The summed E-state index contributed by atoms with van der Waals surface area (Å²) in [6.07, 6.45) is -31.6. The van der Waals surface area contributed by atoms with Crippen molar-refractivity contribution < 1.29 is 71.7 Å². The van der Waals surface area contributed by atoms with Gasteiger partial charge in [0.1, 0.15) is 0 Å². The van der Waals surface area contributed by atoms with Crippen LogP contribution in [0.1, 0.15) is 36.8 Å². The Morgan fingerprint density at radius 2 is 0.773 bits per heavy atom. The third kappa shape index (κ3) is 12.4. The lowest BCUT2D eigenvalue weighted by molar-refractivity contribution is -0.306. The van der Waals surface area contributed by atoms with Crippen LogP contribution < -0.4 is 10.6 Å². The van der Waals surface area contributed by atoms with Gasteiger partial charge in [0.15, 0.2) is 0 Å². The number of hydrogen-bond acceptors (Lipinski definition) is 4. The van der Waals surface area contributed by atoms with E-state index < -0.39 is 49.1 Å². The van der Waals surface area contributed by atoms with E-state index in [0.29, 0.717) is 12.8 Å². The Kier molecular flexibility index (Phi) is 12.2. The van der Waals surface area contributed by atoms with Crippen LogP contribution in [-0.2, 0) is 22.3 Å². The number of carbonyl (C=O) groups excluding carboxylic acids is 2. The van der Waals surface area contributed by atoms with Crippen LogP contribution in [0.4, 0.5) is 73.6 Å². The van der Waals surface area contributed by atoms with Gasteiger partial charge in [0.25, 0.3) is 12.2 Å². The van der Waals surface area contributed by atoms with Crippen LogP contribution in [0.15, 0.2) is 48.5 Å². The number of amides is 2. The molecule has 0 radical (unpaired) electrons. The van der Waals surface area contributed by atoms with Crippen LogP contribution >= 0.6 is 0 Å². The predicted molar refractivity (Wildman–Crippen MR) is 131 cm³/mol. The molecule has 0 fully saturated rings. The van der Waals surface area contributed by atoms with Crippen LogP contribution in [0.3, 0.4) is 0 Å². The second-order valence-corrected chi connectivity index (χ2v) is 9.30. The maximum absolute atomic E-state index is 12.5. The number of nitrogens with one attached hydrogen (secondary N) is 2. The molecule has 0 aromatic heterocycles. The minimum Gasteiger partial charge on any atom is -0.426 e. The summed E-state index contributed by atoms with van der Waals surface area (Å²) in [5.74, 6) is 0. The van der Waals surface area contributed by atoms with Crippen LogP contribution in [0, 0.1) is 0 Å². The largest absolute Gasteiger partial charge is 0.434 e. The number of ether oxygens (including phenoxy) is 2. The summed E-state index contributed by atoms with van der Waals surface area (Å²) < 4.78 is 157. The molecule has 44 heavy (non-hydrogen) atoms. The Morgan fingerprint density at radius 3 is 1.02 bits per heavy atom. The first-order valence-electron chi connectivity index (χ1n) is 12.6. The summed E-state index contributed by atoms with van der Waals surface area (Å²) in [6.45, 7) is 0. The molecule has 0 unspecified atom stereocenters. The van der Waals surface area contributed by atoms with Crippen molar-refractivity contribution in [1.82, 2.24) is 0 Å². The standard InChI is InChI=1S/C26H24F12N2O4/c27-23(28,29)19(24(30,31)32)43-21(41)39-17-11-7-15(8-12-17)5-3-1-2-4-6-16-9-13-18(14-10-16)40-22(42)44-20(25(33,34)35)26(36,37)38/h7-14,19-20H,1-6H2,(H,39,41)(H,40,42). The summed E-state index contributed by atoms with van der Waals surface area (Å²) >= 11 is 0. The van der Waals surface area contributed by atoms with Crippen LogP contribution in [0.2, 0.25) is 0 Å². The lowest BCUT2D eigenvalue weighted by Gasteiger charge is -2.22. The Labute approximate surface area is 241 Å². The highest BCUT2D eigenvalue weighted by Gasteiger charge is 2.60. The first-order valence-corrected chi connectivity index (χ1v) is 12.6. The molecular weight excluding hydrogens is 632 g/mol. The van der Waals surface area contributed by atoms with Crippen molar-refractivity contribution in [3.8, 4) is 0 Å². The lowest BCUT2D eigenvalue weighted by Crippen LogP contribution is -2.46. The van der Waals surface area contributed by atoms with Gasteiger partial charge in [-0.2, -0.15) is 52.7 Å². The monoisotopic (exact) mass is 656 g/mol. The van der Waals surface area contributed by atoms with Gasteiger partial charge >= 0.3 is 36.9 Å². The van der Waals surface area contributed by atoms with Crippen molar-refractivity contribution in [2.45, 2.75) is 75.4 Å². The molecule has 2 aromatic rings. The van der Waals surface area contributed by atoms with Gasteiger partial charge in [-0.25, -0.2) is 9.59 Å². The number of rotatable bonds is 11. The van der Waals surface area contributed by atoms with Gasteiger partial charge in [0.2, 0.25) is 0 Å². The molecule has 0 atom stereocenters. The van der Waals surface area contributed by atoms with E-state index in [1.54, 1.807) is 10.6 Å². The maximum Gasteiger partial charge on any atom is 0.434 e. The average molecular weight is 656 g/mol. The summed E-state index contributed by atoms with van der Waals surface area (Å²) in [7, 11) is 0. The summed E-state index contributed by atoms with van der Waals surface area (Å²) in [6, 6.07) is 11.3. The van der Waals surface area contributed by atoms with Crippen molar-refractivity contribution in [1.29, 1.82) is 0 Å². The zero-order chi connectivity index (χ0) is 33.3. The van der Waals surface area contributed by atoms with E-state index in [1.807, 2.05) is 0 Å². The number of hydrogen-bond donors (Lipinski definition) is 2. The molecule has 0 aliphatic rings. The second-order valence-electron chi connectivity index (χ2n) is 9.30. The highest BCUT2D eigenvalue weighted by atomic mass is 19.4. The minimum absolute atomic E-state index is 0.0771. The summed E-state index contributed by atoms with van der Waals surface area (Å²) in [4.78, 5) is 23.0. The molecule has 2 amide bonds. The quantitative estimate of drug-likeness (QED) is 0.187. The number of benzene rings is 2. The fourth-order valence-electron chi connectivity index (χ4n) is 3.67.